The van der Waals surface area contributed by atoms with E-state index >= 15 is 0 Å². The average Bonchev–Trinajstić information content (AvgIpc) is 3.42. The fourth-order valence-electron chi connectivity index (χ4n) is 2.82. The zero-order chi connectivity index (χ0) is 18.1. The average molecular weight is 370 g/mol. The van der Waals surface area contributed by atoms with Crippen LogP contribution in [0.1, 0.15) is 18.4 Å². The lowest BCUT2D eigenvalue weighted by atomic mass is 10.1. The van der Waals surface area contributed by atoms with Crippen LogP contribution in [-0.2, 0) is 13.1 Å². The highest BCUT2D eigenvalue weighted by molar-refractivity contribution is 6.31. The van der Waals surface area contributed by atoms with Gasteiger partial charge in [-0.2, -0.15) is 5.11 Å². The number of H-pyrrole nitrogens is 1. The van der Waals surface area contributed by atoms with Crippen molar-refractivity contribution in [3.05, 3.63) is 68.0 Å². The van der Waals surface area contributed by atoms with Gasteiger partial charge >= 0.3 is 5.69 Å². The van der Waals surface area contributed by atoms with Gasteiger partial charge in [0.25, 0.3) is 5.56 Å². The van der Waals surface area contributed by atoms with Crippen molar-refractivity contribution in [2.24, 2.45) is 16.1 Å². The molecule has 0 aliphatic heterocycles. The van der Waals surface area contributed by atoms with Crippen LogP contribution in [0.5, 0.6) is 0 Å². The zero-order valence-corrected chi connectivity index (χ0v) is 14.6. The molecule has 1 N–H and O–H groups in total. The highest BCUT2D eigenvalue weighted by atomic mass is 35.5. The van der Waals surface area contributed by atoms with Crippen molar-refractivity contribution in [3.63, 3.8) is 0 Å². The summed E-state index contributed by atoms with van der Waals surface area (Å²) in [6.07, 6.45) is 3.88. The molecule has 3 aromatic rings. The van der Waals surface area contributed by atoms with Crippen molar-refractivity contribution in [3.8, 4) is 0 Å². The molecule has 8 heteroatoms. The number of benzene rings is 1. The van der Waals surface area contributed by atoms with Crippen molar-refractivity contribution < 1.29 is 0 Å². The summed E-state index contributed by atoms with van der Waals surface area (Å²) in [7, 11) is 0. The lowest BCUT2D eigenvalue weighted by Crippen LogP contribution is -2.29. The molecule has 2 aromatic heterocycles. The second-order valence-corrected chi connectivity index (χ2v) is 6.82. The van der Waals surface area contributed by atoms with Crippen molar-refractivity contribution in [2.45, 2.75) is 25.9 Å². The Hall–Kier alpha value is -2.80. The number of nitrogens with zero attached hydrogens (tertiary/aromatic N) is 4. The molecule has 0 radical (unpaired) electrons. The molecule has 0 unspecified atom stereocenters. The van der Waals surface area contributed by atoms with Crippen molar-refractivity contribution >= 4 is 28.3 Å². The third-order valence-corrected chi connectivity index (χ3v) is 4.59. The van der Waals surface area contributed by atoms with Crippen LogP contribution in [0.2, 0.25) is 5.02 Å². The maximum absolute atomic E-state index is 12.1. The summed E-state index contributed by atoms with van der Waals surface area (Å²) in [6.45, 7) is 0.849. The summed E-state index contributed by atoms with van der Waals surface area (Å²) >= 11 is 6.07. The quantitative estimate of drug-likeness (QED) is 0.698. The van der Waals surface area contributed by atoms with E-state index in [1.807, 2.05) is 18.2 Å². The number of rotatable bonds is 5. The van der Waals surface area contributed by atoms with Gasteiger partial charge < -0.3 is 0 Å². The largest absolute Gasteiger partial charge is 0.330 e. The Balaban J connectivity index is 1.64. The molecule has 1 aliphatic carbocycles. The minimum absolute atomic E-state index is 0.280. The Bertz CT molecular complexity index is 1110. The van der Waals surface area contributed by atoms with E-state index in [-0.39, 0.29) is 5.82 Å². The van der Waals surface area contributed by atoms with Crippen LogP contribution in [0.25, 0.3) is 10.9 Å². The van der Waals surface area contributed by atoms with E-state index in [9.17, 15) is 9.59 Å². The minimum atomic E-state index is -0.475. The van der Waals surface area contributed by atoms with Gasteiger partial charge in [-0.25, -0.2) is 4.79 Å². The van der Waals surface area contributed by atoms with E-state index in [0.717, 1.165) is 29.3 Å². The molecule has 0 amide bonds. The number of fused-ring (bicyclic) bond motifs is 1. The smallest absolute Gasteiger partial charge is 0.276 e. The number of halogens is 1. The highest BCUT2D eigenvalue weighted by Gasteiger charge is 2.23. The lowest BCUT2D eigenvalue weighted by Gasteiger charge is -2.07. The molecule has 1 aliphatic rings. The number of aromatic nitrogens is 3. The van der Waals surface area contributed by atoms with Crippen LogP contribution in [0.15, 0.2) is 56.3 Å². The molecule has 7 nitrogen and oxygen atoms in total. The first-order chi connectivity index (χ1) is 12.6. The van der Waals surface area contributed by atoms with Gasteiger partial charge in [-0.05, 0) is 48.6 Å². The van der Waals surface area contributed by atoms with Crippen molar-refractivity contribution in [2.75, 3.05) is 0 Å². The fraction of sp³-hybridized carbons (Fsp3) is 0.278. The molecule has 2 heterocycles. The second-order valence-electron chi connectivity index (χ2n) is 6.38. The topological polar surface area (TPSA) is 92.5 Å². The van der Waals surface area contributed by atoms with Gasteiger partial charge in [0.1, 0.15) is 0 Å². The SMILES string of the molecule is O=c1cc(N=NCc2ccnc3ccc(Cl)cc23)n(CC2CC2)c(=O)[nH]1. The van der Waals surface area contributed by atoms with Crippen molar-refractivity contribution in [1.29, 1.82) is 0 Å². The second kappa shape index (κ2) is 6.84. The maximum Gasteiger partial charge on any atom is 0.330 e. The fourth-order valence-corrected chi connectivity index (χ4v) is 3.00. The Morgan fingerprint density at radius 3 is 2.88 bits per heavy atom. The van der Waals surface area contributed by atoms with Gasteiger partial charge in [0.15, 0.2) is 5.82 Å². The normalized spacial score (nSPS) is 14.3. The molecule has 0 spiro atoms. The molecule has 1 saturated carbocycles. The number of azo groups is 1. The predicted molar refractivity (Wildman–Crippen MR) is 99.0 cm³/mol. The number of pyridine rings is 1. The maximum atomic E-state index is 12.1. The van der Waals surface area contributed by atoms with Gasteiger partial charge in [-0.1, -0.05) is 11.6 Å². The molecule has 132 valence electrons. The van der Waals surface area contributed by atoms with Crippen LogP contribution in [0, 0.1) is 5.92 Å². The van der Waals surface area contributed by atoms with Gasteiger partial charge in [0.2, 0.25) is 0 Å². The van der Waals surface area contributed by atoms with Crippen LogP contribution >= 0.6 is 11.6 Å². The predicted octanol–water partition coefficient (Wildman–Crippen LogP) is 3.43. The van der Waals surface area contributed by atoms with Crippen LogP contribution < -0.4 is 11.2 Å². The third kappa shape index (κ3) is 3.57. The standard InChI is InChI=1S/C18H16ClN5O2/c19-13-3-4-15-14(7-13)12(5-6-20-15)9-21-23-16-8-17(25)22-18(26)24(16)10-11-1-2-11/h3-8,11H,1-2,9-10H2,(H,22,25,26). The highest BCUT2D eigenvalue weighted by Crippen LogP contribution is 2.31. The minimum Gasteiger partial charge on any atom is -0.276 e. The van der Waals surface area contributed by atoms with E-state index in [0.29, 0.717) is 24.0 Å². The van der Waals surface area contributed by atoms with E-state index in [1.54, 1.807) is 12.3 Å². The molecular formula is C18H16ClN5O2. The summed E-state index contributed by atoms with van der Waals surface area (Å²) in [5.41, 5.74) is 0.822. The third-order valence-electron chi connectivity index (χ3n) is 4.36. The van der Waals surface area contributed by atoms with Gasteiger partial charge in [-0.15, -0.1) is 5.11 Å². The summed E-state index contributed by atoms with van der Waals surface area (Å²) in [6, 6.07) is 8.63. The van der Waals surface area contributed by atoms with E-state index < -0.39 is 11.2 Å². The molecule has 4 rings (SSSR count). The van der Waals surface area contributed by atoms with Gasteiger partial charge in [0.05, 0.1) is 12.1 Å². The molecular weight excluding hydrogens is 354 g/mol. The molecule has 1 aromatic carbocycles. The Morgan fingerprint density at radius 1 is 1.23 bits per heavy atom. The Kier molecular flexibility index (Phi) is 4.38. The molecule has 0 bridgehead atoms. The van der Waals surface area contributed by atoms with Crippen LogP contribution in [0.4, 0.5) is 5.82 Å². The summed E-state index contributed by atoms with van der Waals surface area (Å²) in [4.78, 5) is 30.3. The molecule has 1 fully saturated rings. The number of hydrogen-bond acceptors (Lipinski definition) is 5. The van der Waals surface area contributed by atoms with Crippen LogP contribution in [0.3, 0.4) is 0 Å². The first kappa shape index (κ1) is 16.7. The number of nitrogens with one attached hydrogen (secondary N) is 1. The van der Waals surface area contributed by atoms with E-state index in [2.05, 4.69) is 20.2 Å². The van der Waals surface area contributed by atoms with Gasteiger partial charge in [0, 0.05) is 29.2 Å². The molecule has 0 atom stereocenters. The summed E-state index contributed by atoms with van der Waals surface area (Å²) in [5.74, 6) is 0.751. The van der Waals surface area contributed by atoms with Gasteiger partial charge in [-0.3, -0.25) is 19.3 Å². The zero-order valence-electron chi connectivity index (χ0n) is 13.9. The first-order valence-electron chi connectivity index (χ1n) is 8.35. The Morgan fingerprint density at radius 2 is 2.08 bits per heavy atom. The van der Waals surface area contributed by atoms with Crippen molar-refractivity contribution in [1.82, 2.24) is 14.5 Å². The van der Waals surface area contributed by atoms with E-state index in [1.165, 1.54) is 10.6 Å². The monoisotopic (exact) mass is 369 g/mol. The Labute approximate surface area is 153 Å². The summed E-state index contributed by atoms with van der Waals surface area (Å²) < 4.78 is 1.48. The molecule has 0 saturated heterocycles. The number of aromatic amines is 1. The molecule has 26 heavy (non-hydrogen) atoms. The first-order valence-corrected chi connectivity index (χ1v) is 8.73. The van der Waals surface area contributed by atoms with E-state index in [4.69, 9.17) is 11.6 Å². The van der Waals surface area contributed by atoms with Crippen LogP contribution in [-0.4, -0.2) is 14.5 Å². The summed E-state index contributed by atoms with van der Waals surface area (Å²) in [5, 5.41) is 9.88. The number of hydrogen-bond donors (Lipinski definition) is 1. The lowest BCUT2D eigenvalue weighted by molar-refractivity contribution is 0.590.